The lowest BCUT2D eigenvalue weighted by atomic mass is 9.46. The Hall–Kier alpha value is -0.943. The van der Waals surface area contributed by atoms with E-state index in [0.29, 0.717) is 22.5 Å². The van der Waals surface area contributed by atoms with Crippen LogP contribution in [0.3, 0.4) is 0 Å². The Labute approximate surface area is 235 Å². The monoisotopic (exact) mass is 584 g/mol. The highest BCUT2D eigenvalue weighted by Gasteiger charge is 2.58. The van der Waals surface area contributed by atoms with E-state index in [-0.39, 0.29) is 16.7 Å². The number of fused-ring (bicyclic) bond motifs is 3. The number of aryl methyl sites for hydroxylation is 1. The molecule has 0 aliphatic heterocycles. The highest BCUT2D eigenvalue weighted by molar-refractivity contribution is 9.10. The minimum absolute atomic E-state index is 0.0943. The van der Waals surface area contributed by atoms with Crippen LogP contribution >= 0.6 is 15.9 Å². The molecule has 4 rings (SSSR count). The summed E-state index contributed by atoms with van der Waals surface area (Å²) in [6, 6.07) is 17.3. The molecule has 4 heteroatoms. The van der Waals surface area contributed by atoms with Gasteiger partial charge in [-0.3, -0.25) is 0 Å². The zero-order chi connectivity index (χ0) is 27.2. The smallest absolute Gasteiger partial charge is 0.200 e. The molecule has 1 saturated carbocycles. The molecule has 1 N–H and O–H groups in total. The average molecular weight is 586 g/mol. The standard InChI is InChI=1S/C33H49BrO2Si/c1-22(2)37(23(3)4,24(5)6)36-21-33(8)29(31(35)25-12-10-9-11-13-25)18-19-32(7)28-16-15-27(34)20-26(28)14-17-30(32)33/h9-13,15-16,20,22-24,29-31,35H,14,17-19,21H2,1-8H3/t29-,30-,31+,32-,33-/m1/s1. The maximum absolute atomic E-state index is 11.9. The first-order valence-corrected chi connectivity index (χ1v) is 17.5. The summed E-state index contributed by atoms with van der Waals surface area (Å²) >= 11 is 3.71. The number of hydrogen-bond donors (Lipinski definition) is 1. The molecular weight excluding hydrogens is 536 g/mol. The van der Waals surface area contributed by atoms with Gasteiger partial charge in [0, 0.05) is 11.1 Å². The van der Waals surface area contributed by atoms with Crippen molar-refractivity contribution in [3.05, 3.63) is 69.7 Å². The van der Waals surface area contributed by atoms with Gasteiger partial charge in [-0.05, 0) is 93.8 Å². The van der Waals surface area contributed by atoms with Crippen molar-refractivity contribution >= 4 is 24.2 Å². The SMILES string of the molecule is CC(C)[Si](OC[C@]1(C)[C@@H]([C@@H](O)c2ccccc2)CC[C@]2(C)c3ccc(Br)cc3CC[C@@H]12)(C(C)C)C(C)C. The second-order valence-corrected chi connectivity index (χ2v) is 19.8. The zero-order valence-electron chi connectivity index (χ0n) is 24.4. The van der Waals surface area contributed by atoms with Crippen molar-refractivity contribution in [1.29, 1.82) is 0 Å². The Morgan fingerprint density at radius 3 is 2.16 bits per heavy atom. The third kappa shape index (κ3) is 4.94. The molecule has 204 valence electrons. The van der Waals surface area contributed by atoms with Gasteiger partial charge < -0.3 is 9.53 Å². The van der Waals surface area contributed by atoms with Crippen LogP contribution < -0.4 is 0 Å². The molecule has 0 heterocycles. The van der Waals surface area contributed by atoms with Crippen LogP contribution in [0.2, 0.25) is 16.6 Å². The van der Waals surface area contributed by atoms with Crippen molar-refractivity contribution in [2.45, 2.75) is 109 Å². The fourth-order valence-corrected chi connectivity index (χ4v) is 14.9. The molecule has 0 unspecified atom stereocenters. The van der Waals surface area contributed by atoms with Gasteiger partial charge in [-0.1, -0.05) is 108 Å². The molecule has 0 radical (unpaired) electrons. The molecule has 2 aromatic rings. The maximum Gasteiger partial charge on any atom is 0.200 e. The van der Waals surface area contributed by atoms with E-state index >= 15 is 0 Å². The Morgan fingerprint density at radius 1 is 0.946 bits per heavy atom. The lowest BCUT2D eigenvalue weighted by Crippen LogP contribution is -2.58. The topological polar surface area (TPSA) is 29.5 Å². The van der Waals surface area contributed by atoms with Crippen molar-refractivity contribution < 1.29 is 9.53 Å². The first kappa shape index (κ1) is 29.0. The van der Waals surface area contributed by atoms with Crippen LogP contribution in [-0.4, -0.2) is 20.0 Å². The van der Waals surface area contributed by atoms with Crippen molar-refractivity contribution in [2.24, 2.45) is 17.3 Å². The lowest BCUT2D eigenvalue weighted by molar-refractivity contribution is -0.106. The Kier molecular flexibility index (Phi) is 8.56. The van der Waals surface area contributed by atoms with E-state index in [2.05, 4.69) is 114 Å². The summed E-state index contributed by atoms with van der Waals surface area (Å²) in [5, 5.41) is 11.9. The summed E-state index contributed by atoms with van der Waals surface area (Å²) in [6.45, 7) is 20.0. The van der Waals surface area contributed by atoms with E-state index in [0.717, 1.165) is 37.9 Å². The predicted molar refractivity (Wildman–Crippen MR) is 163 cm³/mol. The van der Waals surface area contributed by atoms with Crippen LogP contribution in [-0.2, 0) is 16.3 Å². The number of aliphatic hydroxyl groups is 1. The number of benzene rings is 2. The van der Waals surface area contributed by atoms with Crippen LogP contribution in [0.15, 0.2) is 53.0 Å². The first-order chi connectivity index (χ1) is 17.4. The van der Waals surface area contributed by atoms with E-state index in [1.807, 2.05) is 6.07 Å². The van der Waals surface area contributed by atoms with Crippen LogP contribution in [0, 0.1) is 17.3 Å². The van der Waals surface area contributed by atoms with Gasteiger partial charge >= 0.3 is 0 Å². The van der Waals surface area contributed by atoms with Crippen molar-refractivity contribution in [3.8, 4) is 0 Å². The third-order valence-electron chi connectivity index (χ3n) is 10.6. The van der Waals surface area contributed by atoms with Crippen LogP contribution in [0.25, 0.3) is 0 Å². The molecule has 0 spiro atoms. The van der Waals surface area contributed by atoms with Gasteiger partial charge in [0.2, 0.25) is 0 Å². The molecule has 0 aromatic heterocycles. The minimum Gasteiger partial charge on any atom is -0.415 e. The second kappa shape index (κ2) is 10.9. The van der Waals surface area contributed by atoms with E-state index in [4.69, 9.17) is 4.43 Å². The van der Waals surface area contributed by atoms with Gasteiger partial charge in [0.25, 0.3) is 0 Å². The van der Waals surface area contributed by atoms with Gasteiger partial charge in [-0.2, -0.15) is 0 Å². The predicted octanol–water partition coefficient (Wildman–Crippen LogP) is 9.61. The van der Waals surface area contributed by atoms with E-state index < -0.39 is 14.4 Å². The van der Waals surface area contributed by atoms with Gasteiger partial charge in [0.15, 0.2) is 8.32 Å². The van der Waals surface area contributed by atoms with Gasteiger partial charge in [0.05, 0.1) is 6.10 Å². The summed E-state index contributed by atoms with van der Waals surface area (Å²) in [5.74, 6) is 0.632. The highest BCUT2D eigenvalue weighted by Crippen LogP contribution is 2.62. The van der Waals surface area contributed by atoms with Gasteiger partial charge in [0.1, 0.15) is 0 Å². The van der Waals surface area contributed by atoms with Crippen LogP contribution in [0.4, 0.5) is 0 Å². The van der Waals surface area contributed by atoms with E-state index in [1.54, 1.807) is 0 Å². The molecule has 0 saturated heterocycles. The molecule has 5 atom stereocenters. The lowest BCUT2D eigenvalue weighted by Gasteiger charge is -2.60. The summed E-state index contributed by atoms with van der Waals surface area (Å²) in [4.78, 5) is 0. The molecular formula is C33H49BrO2Si. The number of halogens is 1. The zero-order valence-corrected chi connectivity index (χ0v) is 26.9. The summed E-state index contributed by atoms with van der Waals surface area (Å²) in [5.41, 5.74) is 5.68. The molecule has 2 aromatic carbocycles. The van der Waals surface area contributed by atoms with E-state index in [1.165, 1.54) is 15.6 Å². The van der Waals surface area contributed by atoms with Crippen LogP contribution in [0.1, 0.15) is 97.4 Å². The van der Waals surface area contributed by atoms with E-state index in [9.17, 15) is 5.11 Å². The summed E-state index contributed by atoms with van der Waals surface area (Å²) < 4.78 is 8.57. The van der Waals surface area contributed by atoms with Gasteiger partial charge in [-0.25, -0.2) is 0 Å². The minimum atomic E-state index is -2.05. The molecule has 1 fully saturated rings. The Morgan fingerprint density at radius 2 is 1.57 bits per heavy atom. The molecule has 2 aliphatic carbocycles. The van der Waals surface area contributed by atoms with Crippen molar-refractivity contribution in [3.63, 3.8) is 0 Å². The largest absolute Gasteiger partial charge is 0.415 e. The highest BCUT2D eigenvalue weighted by atomic mass is 79.9. The molecule has 2 nitrogen and oxygen atoms in total. The van der Waals surface area contributed by atoms with Crippen molar-refractivity contribution in [2.75, 3.05) is 6.61 Å². The molecule has 0 amide bonds. The summed E-state index contributed by atoms with van der Waals surface area (Å²) in [6.07, 6.45) is 3.89. The fourth-order valence-electron chi connectivity index (χ4n) is 8.93. The molecule has 37 heavy (non-hydrogen) atoms. The number of aliphatic hydroxyl groups excluding tert-OH is 1. The van der Waals surface area contributed by atoms with Crippen LogP contribution in [0.5, 0.6) is 0 Å². The normalized spacial score (nSPS) is 28.9. The first-order valence-electron chi connectivity index (χ1n) is 14.5. The second-order valence-electron chi connectivity index (χ2n) is 13.4. The number of hydrogen-bond acceptors (Lipinski definition) is 2. The number of rotatable bonds is 8. The van der Waals surface area contributed by atoms with Gasteiger partial charge in [-0.15, -0.1) is 0 Å². The molecule has 0 bridgehead atoms. The fraction of sp³-hybridized carbons (Fsp3) is 0.636. The molecule has 2 aliphatic rings. The third-order valence-corrected chi connectivity index (χ3v) is 17.2. The Balaban J connectivity index is 1.79. The summed E-state index contributed by atoms with van der Waals surface area (Å²) in [7, 11) is -2.05. The quantitative estimate of drug-likeness (QED) is 0.313. The average Bonchev–Trinajstić information content (AvgIpc) is 2.83. The maximum atomic E-state index is 11.9. The van der Waals surface area contributed by atoms with Crippen molar-refractivity contribution in [1.82, 2.24) is 0 Å². The Bertz CT molecular complexity index is 1050.